The largest absolute Gasteiger partial charge is 0.326 e. The highest BCUT2D eigenvalue weighted by molar-refractivity contribution is 5.93. The number of nitrogens with two attached hydrogens (primary N) is 1. The number of aryl methyl sites for hydroxylation is 1. The molecule has 0 aliphatic heterocycles. The highest BCUT2D eigenvalue weighted by Gasteiger charge is 2.13. The molecule has 0 fully saturated rings. The zero-order valence-corrected chi connectivity index (χ0v) is 12.5. The molecule has 1 aromatic rings. The first-order valence-corrected chi connectivity index (χ1v) is 6.64. The average molecular weight is 277 g/mol. The van der Waals surface area contributed by atoms with E-state index in [1.165, 1.54) is 6.92 Å². The van der Waals surface area contributed by atoms with Gasteiger partial charge in [0.1, 0.15) is 0 Å². The summed E-state index contributed by atoms with van der Waals surface area (Å²) in [6.07, 6.45) is 0.982. The SMILES string of the molecule is CC(=O)Nc1cc(NC(=O)CCC(C)(C)N)ccc1C. The summed E-state index contributed by atoms with van der Waals surface area (Å²) >= 11 is 0. The highest BCUT2D eigenvalue weighted by atomic mass is 16.2. The minimum Gasteiger partial charge on any atom is -0.326 e. The lowest BCUT2D eigenvalue weighted by atomic mass is 10.00. The van der Waals surface area contributed by atoms with Crippen LogP contribution in [0.15, 0.2) is 18.2 Å². The van der Waals surface area contributed by atoms with Crippen molar-refractivity contribution >= 4 is 23.2 Å². The molecule has 0 aromatic heterocycles. The van der Waals surface area contributed by atoms with E-state index in [4.69, 9.17) is 5.73 Å². The molecule has 1 rings (SSSR count). The third-order valence-corrected chi connectivity index (χ3v) is 2.83. The van der Waals surface area contributed by atoms with E-state index in [0.29, 0.717) is 24.2 Å². The van der Waals surface area contributed by atoms with Crippen LogP contribution in [0, 0.1) is 6.92 Å². The Morgan fingerprint density at radius 1 is 1.25 bits per heavy atom. The fourth-order valence-corrected chi connectivity index (χ4v) is 1.68. The van der Waals surface area contributed by atoms with Gasteiger partial charge in [-0.2, -0.15) is 0 Å². The fourth-order valence-electron chi connectivity index (χ4n) is 1.68. The fraction of sp³-hybridized carbons (Fsp3) is 0.467. The van der Waals surface area contributed by atoms with E-state index in [0.717, 1.165) is 5.56 Å². The van der Waals surface area contributed by atoms with Crippen LogP contribution in [0.4, 0.5) is 11.4 Å². The number of nitrogens with one attached hydrogen (secondary N) is 2. The molecule has 0 unspecified atom stereocenters. The van der Waals surface area contributed by atoms with Crippen molar-refractivity contribution in [3.05, 3.63) is 23.8 Å². The van der Waals surface area contributed by atoms with Crippen LogP contribution in [0.5, 0.6) is 0 Å². The lowest BCUT2D eigenvalue weighted by Crippen LogP contribution is -2.33. The first-order valence-electron chi connectivity index (χ1n) is 6.64. The lowest BCUT2D eigenvalue weighted by molar-refractivity contribution is -0.116. The van der Waals surface area contributed by atoms with Crippen LogP contribution in [-0.4, -0.2) is 17.4 Å². The Labute approximate surface area is 119 Å². The van der Waals surface area contributed by atoms with Crippen LogP contribution in [0.25, 0.3) is 0 Å². The monoisotopic (exact) mass is 277 g/mol. The second-order valence-electron chi connectivity index (χ2n) is 5.75. The van der Waals surface area contributed by atoms with Crippen LogP contribution in [0.1, 0.15) is 39.2 Å². The molecule has 0 aliphatic rings. The minimum absolute atomic E-state index is 0.0823. The minimum atomic E-state index is -0.355. The average Bonchev–Trinajstić information content (AvgIpc) is 2.29. The van der Waals surface area contributed by atoms with Gasteiger partial charge in [-0.15, -0.1) is 0 Å². The first kappa shape index (κ1) is 16.2. The van der Waals surface area contributed by atoms with Gasteiger partial charge in [0, 0.05) is 30.3 Å². The van der Waals surface area contributed by atoms with E-state index >= 15 is 0 Å². The van der Waals surface area contributed by atoms with E-state index in [9.17, 15) is 9.59 Å². The van der Waals surface area contributed by atoms with E-state index in [-0.39, 0.29) is 17.4 Å². The zero-order chi connectivity index (χ0) is 15.3. The Morgan fingerprint density at radius 3 is 2.45 bits per heavy atom. The van der Waals surface area contributed by atoms with Crippen molar-refractivity contribution in [3.63, 3.8) is 0 Å². The summed E-state index contributed by atoms with van der Waals surface area (Å²) in [5.74, 6) is -0.220. The standard InChI is InChI=1S/C15H23N3O2/c1-10-5-6-12(9-13(10)17-11(2)19)18-14(20)7-8-15(3,4)16/h5-6,9H,7-8,16H2,1-4H3,(H,17,19)(H,18,20). The van der Waals surface area contributed by atoms with Gasteiger partial charge in [-0.05, 0) is 44.9 Å². The molecule has 5 nitrogen and oxygen atoms in total. The van der Waals surface area contributed by atoms with E-state index in [2.05, 4.69) is 10.6 Å². The lowest BCUT2D eigenvalue weighted by Gasteiger charge is -2.17. The van der Waals surface area contributed by atoms with E-state index in [1.807, 2.05) is 32.9 Å². The van der Waals surface area contributed by atoms with Gasteiger partial charge in [-0.25, -0.2) is 0 Å². The molecule has 0 radical (unpaired) electrons. The number of amides is 2. The summed E-state index contributed by atoms with van der Waals surface area (Å²) in [6, 6.07) is 5.42. The second-order valence-corrected chi connectivity index (χ2v) is 5.75. The topological polar surface area (TPSA) is 84.2 Å². The summed E-state index contributed by atoms with van der Waals surface area (Å²) in [7, 11) is 0. The quantitative estimate of drug-likeness (QED) is 0.772. The molecule has 1 aromatic carbocycles. The van der Waals surface area contributed by atoms with Gasteiger partial charge in [0.2, 0.25) is 11.8 Å². The van der Waals surface area contributed by atoms with E-state index < -0.39 is 0 Å². The Balaban J connectivity index is 2.68. The third kappa shape index (κ3) is 5.84. The summed E-state index contributed by atoms with van der Waals surface area (Å²) < 4.78 is 0. The number of hydrogen-bond donors (Lipinski definition) is 3. The molecular weight excluding hydrogens is 254 g/mol. The van der Waals surface area contributed by atoms with Crippen molar-refractivity contribution in [2.24, 2.45) is 5.73 Å². The van der Waals surface area contributed by atoms with Gasteiger partial charge in [0.25, 0.3) is 0 Å². The van der Waals surface area contributed by atoms with Crippen molar-refractivity contribution in [2.45, 2.75) is 46.1 Å². The highest BCUT2D eigenvalue weighted by Crippen LogP contribution is 2.20. The van der Waals surface area contributed by atoms with Crippen molar-refractivity contribution in [1.82, 2.24) is 0 Å². The molecule has 4 N–H and O–H groups in total. The van der Waals surface area contributed by atoms with Gasteiger partial charge < -0.3 is 16.4 Å². The Hall–Kier alpha value is -1.88. The second kappa shape index (κ2) is 6.52. The molecule has 0 atom stereocenters. The van der Waals surface area contributed by atoms with Crippen molar-refractivity contribution in [1.29, 1.82) is 0 Å². The summed E-state index contributed by atoms with van der Waals surface area (Å²) in [5.41, 5.74) is 7.81. The number of rotatable bonds is 5. The molecule has 0 spiro atoms. The Morgan fingerprint density at radius 2 is 1.90 bits per heavy atom. The number of benzene rings is 1. The number of carbonyl (C=O) groups excluding carboxylic acids is 2. The van der Waals surface area contributed by atoms with Crippen LogP contribution in [0.3, 0.4) is 0 Å². The number of anilines is 2. The third-order valence-electron chi connectivity index (χ3n) is 2.83. The molecule has 5 heteroatoms. The molecule has 0 bridgehead atoms. The molecule has 110 valence electrons. The summed E-state index contributed by atoms with van der Waals surface area (Å²) in [6.45, 7) is 7.13. The Kier molecular flexibility index (Phi) is 5.27. The smallest absolute Gasteiger partial charge is 0.224 e. The predicted octanol–water partition coefficient (Wildman–Crippen LogP) is 2.41. The molecule has 0 saturated heterocycles. The molecule has 20 heavy (non-hydrogen) atoms. The van der Waals surface area contributed by atoms with Crippen molar-refractivity contribution < 1.29 is 9.59 Å². The van der Waals surface area contributed by atoms with Crippen molar-refractivity contribution in [3.8, 4) is 0 Å². The summed E-state index contributed by atoms with van der Waals surface area (Å²) in [5, 5.41) is 5.54. The normalized spacial score (nSPS) is 11.1. The van der Waals surface area contributed by atoms with Crippen LogP contribution >= 0.6 is 0 Å². The van der Waals surface area contributed by atoms with Gasteiger partial charge in [-0.3, -0.25) is 9.59 Å². The number of hydrogen-bond acceptors (Lipinski definition) is 3. The predicted molar refractivity (Wildman–Crippen MR) is 81.6 cm³/mol. The molecule has 0 aliphatic carbocycles. The maximum absolute atomic E-state index is 11.8. The van der Waals surface area contributed by atoms with Crippen molar-refractivity contribution in [2.75, 3.05) is 10.6 Å². The zero-order valence-electron chi connectivity index (χ0n) is 12.5. The van der Waals surface area contributed by atoms with Gasteiger partial charge in [0.15, 0.2) is 0 Å². The van der Waals surface area contributed by atoms with Gasteiger partial charge >= 0.3 is 0 Å². The molecule has 0 heterocycles. The molecule has 0 saturated carbocycles. The Bertz CT molecular complexity index is 504. The van der Waals surface area contributed by atoms with Crippen LogP contribution in [-0.2, 0) is 9.59 Å². The van der Waals surface area contributed by atoms with Gasteiger partial charge in [0.05, 0.1) is 0 Å². The van der Waals surface area contributed by atoms with Crippen LogP contribution in [0.2, 0.25) is 0 Å². The first-order chi connectivity index (χ1) is 9.17. The molecular formula is C15H23N3O2. The maximum Gasteiger partial charge on any atom is 0.224 e. The molecule has 2 amide bonds. The summed E-state index contributed by atoms with van der Waals surface area (Å²) in [4.78, 5) is 22.9. The number of carbonyl (C=O) groups is 2. The van der Waals surface area contributed by atoms with E-state index in [1.54, 1.807) is 6.07 Å². The van der Waals surface area contributed by atoms with Gasteiger partial charge in [-0.1, -0.05) is 6.07 Å². The maximum atomic E-state index is 11.8. The van der Waals surface area contributed by atoms with Crippen LogP contribution < -0.4 is 16.4 Å².